The number of aromatic nitrogens is 2. The number of benzene rings is 4. The summed E-state index contributed by atoms with van der Waals surface area (Å²) < 4.78 is 39.4. The quantitative estimate of drug-likeness (QED) is 0.147. The van der Waals surface area contributed by atoms with Crippen LogP contribution in [-0.4, -0.2) is 27.0 Å². The maximum atomic E-state index is 13.1. The molecule has 0 aliphatic rings. The van der Waals surface area contributed by atoms with Crippen molar-refractivity contribution < 1.29 is 27.9 Å². The van der Waals surface area contributed by atoms with E-state index >= 15 is 0 Å². The van der Waals surface area contributed by atoms with E-state index in [4.69, 9.17) is 15.1 Å². The van der Waals surface area contributed by atoms with Gasteiger partial charge in [-0.1, -0.05) is 66.7 Å². The van der Waals surface area contributed by atoms with Crippen molar-refractivity contribution in [2.75, 3.05) is 0 Å². The Morgan fingerprint density at radius 1 is 0.800 bits per heavy atom. The molecule has 1 amide bonds. The van der Waals surface area contributed by atoms with Crippen molar-refractivity contribution in [2.45, 2.75) is 51.2 Å². The van der Waals surface area contributed by atoms with Crippen molar-refractivity contribution in [3.8, 4) is 22.4 Å². The second-order valence-corrected chi connectivity index (χ2v) is 11.0. The average Bonchev–Trinajstić information content (AvgIpc) is 3.02. The Labute approximate surface area is 259 Å². The average molecular weight is 612 g/mol. The third-order valence-corrected chi connectivity index (χ3v) is 7.58. The van der Waals surface area contributed by atoms with Gasteiger partial charge < -0.3 is 10.4 Å². The largest absolute Gasteiger partial charge is 0.481 e. The molecule has 9 heteroatoms. The van der Waals surface area contributed by atoms with Crippen LogP contribution in [0.15, 0.2) is 97.1 Å². The Hall–Kier alpha value is -5.05. The summed E-state index contributed by atoms with van der Waals surface area (Å²) in [7, 11) is 0. The zero-order chi connectivity index (χ0) is 32.0. The summed E-state index contributed by atoms with van der Waals surface area (Å²) in [6.07, 6.45) is -2.99. The number of hydrogen-bond acceptors (Lipinski definition) is 4. The van der Waals surface area contributed by atoms with E-state index in [0.29, 0.717) is 47.2 Å². The molecule has 0 saturated heterocycles. The number of rotatable bonds is 11. The van der Waals surface area contributed by atoms with Crippen molar-refractivity contribution in [1.82, 2.24) is 15.3 Å². The summed E-state index contributed by atoms with van der Waals surface area (Å²) >= 11 is 0. The second-order valence-electron chi connectivity index (χ2n) is 11.0. The van der Waals surface area contributed by atoms with Gasteiger partial charge in [0.25, 0.3) is 0 Å². The normalized spacial score (nSPS) is 12.2. The Kier molecular flexibility index (Phi) is 9.56. The number of fused-ring (bicyclic) bond motifs is 1. The molecule has 45 heavy (non-hydrogen) atoms. The van der Waals surface area contributed by atoms with Gasteiger partial charge in [-0.2, -0.15) is 13.2 Å². The number of unbranched alkanes of at least 4 members (excludes halogenated alkanes) is 1. The molecule has 230 valence electrons. The zero-order valence-electron chi connectivity index (χ0n) is 24.6. The topological polar surface area (TPSA) is 92.2 Å². The number of aryl methyl sites for hydroxylation is 1. The summed E-state index contributed by atoms with van der Waals surface area (Å²) in [6.45, 7) is 1.94. The van der Waals surface area contributed by atoms with Gasteiger partial charge in [0.05, 0.1) is 40.4 Å². The van der Waals surface area contributed by atoms with Crippen LogP contribution in [0.25, 0.3) is 33.4 Å². The predicted molar refractivity (Wildman–Crippen MR) is 167 cm³/mol. The molecule has 1 atom stereocenters. The highest BCUT2D eigenvalue weighted by Gasteiger charge is 2.30. The lowest BCUT2D eigenvalue weighted by Gasteiger charge is -2.16. The van der Waals surface area contributed by atoms with E-state index in [1.807, 2.05) is 55.5 Å². The molecule has 5 aromatic rings. The molecule has 0 saturated carbocycles. The number of amides is 1. The number of aliphatic carboxylic acids is 1. The van der Waals surface area contributed by atoms with Gasteiger partial charge in [0.2, 0.25) is 5.91 Å². The van der Waals surface area contributed by atoms with Crippen LogP contribution in [0, 0.1) is 0 Å². The summed E-state index contributed by atoms with van der Waals surface area (Å²) in [5.41, 5.74) is 5.70. The molecular formula is C36H32F3N3O3. The minimum Gasteiger partial charge on any atom is -0.481 e. The number of carbonyl (C=O) groups excluding carboxylic acids is 1. The van der Waals surface area contributed by atoms with Gasteiger partial charge in [0.1, 0.15) is 0 Å². The Morgan fingerprint density at radius 3 is 2.24 bits per heavy atom. The lowest BCUT2D eigenvalue weighted by atomic mass is 10.00. The number of carboxylic acids is 1. The monoisotopic (exact) mass is 611 g/mol. The number of alkyl halides is 3. The SMILES string of the molecule is C[C@H](NC(=O)Cc1ccc2nc(-c3ccc(C(F)(F)F)cc3)c(CCCCC(=O)O)nc2c1)c1cccc(-c2ccccc2)c1. The van der Waals surface area contributed by atoms with E-state index in [1.165, 1.54) is 12.1 Å². The molecule has 0 unspecified atom stereocenters. The minimum absolute atomic E-state index is 0.00482. The minimum atomic E-state index is -4.46. The van der Waals surface area contributed by atoms with Crippen LogP contribution in [0.2, 0.25) is 0 Å². The van der Waals surface area contributed by atoms with Crippen molar-refractivity contribution in [3.63, 3.8) is 0 Å². The molecule has 0 radical (unpaired) electrons. The first-order valence-corrected chi connectivity index (χ1v) is 14.7. The van der Waals surface area contributed by atoms with Gasteiger partial charge in [-0.15, -0.1) is 0 Å². The third kappa shape index (κ3) is 8.12. The van der Waals surface area contributed by atoms with Crippen LogP contribution in [0.1, 0.15) is 54.6 Å². The molecule has 0 aliphatic heterocycles. The molecule has 1 heterocycles. The number of nitrogens with one attached hydrogen (secondary N) is 1. The molecule has 4 aromatic carbocycles. The first kappa shape index (κ1) is 31.4. The standard InChI is InChI=1S/C36H32F3N3O3/c1-23(27-10-7-11-28(22-27)25-8-3-2-4-9-25)40-33(43)21-24-14-19-30-32(20-24)41-31(12-5-6-13-34(44)45)35(42-30)26-15-17-29(18-16-26)36(37,38)39/h2-4,7-11,14-20,22-23H,5-6,12-13,21H2,1H3,(H,40,43)(H,44,45)/t23-/m0/s1. The highest BCUT2D eigenvalue weighted by Crippen LogP contribution is 2.32. The van der Waals surface area contributed by atoms with E-state index in [9.17, 15) is 22.8 Å². The molecule has 1 aromatic heterocycles. The fourth-order valence-electron chi connectivity index (χ4n) is 5.22. The molecular weight excluding hydrogens is 579 g/mol. The number of carboxylic acid groups (broad SMARTS) is 1. The third-order valence-electron chi connectivity index (χ3n) is 7.58. The highest BCUT2D eigenvalue weighted by molar-refractivity contribution is 5.83. The fourth-order valence-corrected chi connectivity index (χ4v) is 5.22. The number of carbonyl (C=O) groups is 2. The molecule has 0 spiro atoms. The van der Waals surface area contributed by atoms with Crippen LogP contribution >= 0.6 is 0 Å². The van der Waals surface area contributed by atoms with Crippen molar-refractivity contribution >= 4 is 22.9 Å². The molecule has 0 bridgehead atoms. The highest BCUT2D eigenvalue weighted by atomic mass is 19.4. The van der Waals surface area contributed by atoms with E-state index in [1.54, 1.807) is 18.2 Å². The van der Waals surface area contributed by atoms with Crippen molar-refractivity contribution in [3.05, 3.63) is 119 Å². The van der Waals surface area contributed by atoms with Crippen LogP contribution in [0.3, 0.4) is 0 Å². The van der Waals surface area contributed by atoms with Crippen LogP contribution in [0.5, 0.6) is 0 Å². The van der Waals surface area contributed by atoms with E-state index in [-0.39, 0.29) is 24.8 Å². The molecule has 0 fully saturated rings. The Bertz CT molecular complexity index is 1810. The van der Waals surface area contributed by atoms with E-state index in [2.05, 4.69) is 11.4 Å². The molecule has 5 rings (SSSR count). The van der Waals surface area contributed by atoms with Crippen molar-refractivity contribution in [2.24, 2.45) is 0 Å². The summed E-state index contributed by atoms with van der Waals surface area (Å²) in [5.74, 6) is -1.06. The predicted octanol–water partition coefficient (Wildman–Crippen LogP) is 8.20. The lowest BCUT2D eigenvalue weighted by molar-refractivity contribution is -0.138. The number of halogens is 3. The molecule has 2 N–H and O–H groups in total. The van der Waals surface area contributed by atoms with Gasteiger partial charge in [0, 0.05) is 12.0 Å². The zero-order valence-corrected chi connectivity index (χ0v) is 24.6. The maximum Gasteiger partial charge on any atom is 0.416 e. The van der Waals surface area contributed by atoms with Gasteiger partial charge >= 0.3 is 12.1 Å². The second kappa shape index (κ2) is 13.7. The van der Waals surface area contributed by atoms with E-state index in [0.717, 1.165) is 34.4 Å². The van der Waals surface area contributed by atoms with Crippen LogP contribution < -0.4 is 5.32 Å². The molecule has 6 nitrogen and oxygen atoms in total. The number of hydrogen-bond donors (Lipinski definition) is 2. The summed E-state index contributed by atoms with van der Waals surface area (Å²) in [5, 5.41) is 12.1. The molecule has 0 aliphatic carbocycles. The first-order valence-electron chi connectivity index (χ1n) is 14.7. The Balaban J connectivity index is 1.35. The lowest BCUT2D eigenvalue weighted by Crippen LogP contribution is -2.28. The van der Waals surface area contributed by atoms with Gasteiger partial charge in [-0.3, -0.25) is 9.59 Å². The van der Waals surface area contributed by atoms with Gasteiger partial charge in [-0.05, 0) is 78.8 Å². The number of nitrogens with zero attached hydrogens (tertiary/aromatic N) is 2. The van der Waals surface area contributed by atoms with Gasteiger partial charge in [0.15, 0.2) is 0 Å². The smallest absolute Gasteiger partial charge is 0.416 e. The van der Waals surface area contributed by atoms with Gasteiger partial charge in [-0.25, -0.2) is 9.97 Å². The van der Waals surface area contributed by atoms with Crippen LogP contribution in [-0.2, 0) is 28.6 Å². The Morgan fingerprint density at radius 2 is 1.53 bits per heavy atom. The summed E-state index contributed by atoms with van der Waals surface area (Å²) in [6, 6.07) is 28.0. The maximum absolute atomic E-state index is 13.1. The van der Waals surface area contributed by atoms with Crippen molar-refractivity contribution in [1.29, 1.82) is 0 Å². The van der Waals surface area contributed by atoms with Crippen LogP contribution in [0.4, 0.5) is 13.2 Å². The first-order chi connectivity index (χ1) is 21.6. The fraction of sp³-hybridized carbons (Fsp3) is 0.222. The summed E-state index contributed by atoms with van der Waals surface area (Å²) in [4.78, 5) is 33.5. The van der Waals surface area contributed by atoms with E-state index < -0.39 is 17.7 Å².